The van der Waals surface area contributed by atoms with Gasteiger partial charge in [0.25, 0.3) is 0 Å². The summed E-state index contributed by atoms with van der Waals surface area (Å²) in [6.45, 7) is 6.51. The van der Waals surface area contributed by atoms with Gasteiger partial charge in [0.15, 0.2) is 24.1 Å². The zero-order chi connectivity index (χ0) is 17.2. The van der Waals surface area contributed by atoms with Crippen LogP contribution in [0.5, 0.6) is 11.5 Å². The molecule has 2 bridgehead atoms. The van der Waals surface area contributed by atoms with Gasteiger partial charge in [-0.1, -0.05) is 19.1 Å². The Balaban J connectivity index is 1.68. The number of benzene rings is 1. The van der Waals surface area contributed by atoms with Crippen molar-refractivity contribution in [3.8, 4) is 11.5 Å². The zero-order valence-electron chi connectivity index (χ0n) is 14.1. The van der Waals surface area contributed by atoms with Crippen LogP contribution in [0.25, 0.3) is 0 Å². The third-order valence-electron chi connectivity index (χ3n) is 6.37. The molecule has 0 N–H and O–H groups in total. The highest BCUT2D eigenvalue weighted by Gasteiger charge is 2.68. The zero-order valence-corrected chi connectivity index (χ0v) is 14.1. The molecule has 5 heteroatoms. The molecular weight excluding hydrogens is 320 g/mol. The fraction of sp³-hybridized carbons (Fsp3) is 0.450. The van der Waals surface area contributed by atoms with E-state index in [-0.39, 0.29) is 31.2 Å². The Labute approximate surface area is 146 Å². The largest absolute Gasteiger partial charge is 0.469 e. The molecule has 1 spiro atoms. The van der Waals surface area contributed by atoms with Gasteiger partial charge in [-0.2, -0.15) is 0 Å². The van der Waals surface area contributed by atoms with Crippen LogP contribution in [0.4, 0.5) is 0 Å². The summed E-state index contributed by atoms with van der Waals surface area (Å²) in [5.41, 5.74) is 0.0123. The molecule has 1 saturated carbocycles. The van der Waals surface area contributed by atoms with E-state index >= 15 is 0 Å². The molecular formula is C20H20O5. The van der Waals surface area contributed by atoms with Gasteiger partial charge < -0.3 is 18.9 Å². The molecule has 5 rings (SSSR count). The molecule has 4 atom stereocenters. The molecule has 25 heavy (non-hydrogen) atoms. The van der Waals surface area contributed by atoms with E-state index in [4.69, 9.17) is 18.9 Å². The lowest BCUT2D eigenvalue weighted by molar-refractivity contribution is -0.126. The third kappa shape index (κ3) is 1.74. The summed E-state index contributed by atoms with van der Waals surface area (Å²) >= 11 is 0. The molecule has 0 amide bonds. The Bertz CT molecular complexity index is 812. The van der Waals surface area contributed by atoms with Crippen molar-refractivity contribution in [2.24, 2.45) is 11.3 Å². The number of ketones is 1. The maximum Gasteiger partial charge on any atom is 0.231 e. The second-order valence-electron chi connectivity index (χ2n) is 7.37. The first-order chi connectivity index (χ1) is 12.1. The summed E-state index contributed by atoms with van der Waals surface area (Å²) in [4.78, 5) is 13.2. The number of carbonyl (C=O) groups excluding carboxylic acids is 1. The van der Waals surface area contributed by atoms with E-state index in [0.29, 0.717) is 18.6 Å². The Hall–Kier alpha value is -2.27. The number of rotatable bonds is 3. The van der Waals surface area contributed by atoms with Crippen molar-refractivity contribution in [1.82, 2.24) is 0 Å². The van der Waals surface area contributed by atoms with Crippen molar-refractivity contribution in [2.75, 3.05) is 13.6 Å². The van der Waals surface area contributed by atoms with Gasteiger partial charge in [0.05, 0.1) is 0 Å². The Kier molecular flexibility index (Phi) is 2.93. The van der Waals surface area contributed by atoms with E-state index in [1.54, 1.807) is 6.08 Å². The molecule has 2 aliphatic carbocycles. The van der Waals surface area contributed by atoms with E-state index in [0.717, 1.165) is 17.1 Å². The van der Waals surface area contributed by atoms with E-state index < -0.39 is 11.0 Å². The molecule has 1 saturated heterocycles. The molecule has 0 aromatic heterocycles. The summed E-state index contributed by atoms with van der Waals surface area (Å²) in [5.74, 6) is 2.39. The SMILES string of the molecule is C=CC[C@]12C[C@@]3(OCOC3=CC1=O)[C@@H](C)[C@@H]2c1ccc2c(c1)OCO2. The van der Waals surface area contributed by atoms with E-state index in [2.05, 4.69) is 13.5 Å². The van der Waals surface area contributed by atoms with E-state index in [9.17, 15) is 4.79 Å². The highest BCUT2D eigenvalue weighted by Crippen LogP contribution is 2.66. The van der Waals surface area contributed by atoms with Gasteiger partial charge >= 0.3 is 0 Å². The third-order valence-corrected chi connectivity index (χ3v) is 6.37. The molecule has 2 fully saturated rings. The van der Waals surface area contributed by atoms with Crippen LogP contribution in [0.1, 0.15) is 31.2 Å². The summed E-state index contributed by atoms with van der Waals surface area (Å²) in [6, 6.07) is 5.98. The average molecular weight is 340 g/mol. The van der Waals surface area contributed by atoms with Gasteiger partial charge in [-0.3, -0.25) is 4.79 Å². The molecule has 4 aliphatic rings. The van der Waals surface area contributed by atoms with Gasteiger partial charge in [-0.05, 0) is 30.5 Å². The summed E-state index contributed by atoms with van der Waals surface area (Å²) < 4.78 is 22.7. The van der Waals surface area contributed by atoms with Crippen LogP contribution in [0.15, 0.2) is 42.7 Å². The van der Waals surface area contributed by atoms with Crippen LogP contribution in [0.2, 0.25) is 0 Å². The van der Waals surface area contributed by atoms with Crippen molar-refractivity contribution in [2.45, 2.75) is 31.3 Å². The predicted octanol–water partition coefficient (Wildman–Crippen LogP) is 3.31. The van der Waals surface area contributed by atoms with Crippen LogP contribution in [-0.4, -0.2) is 25.0 Å². The monoisotopic (exact) mass is 340 g/mol. The van der Waals surface area contributed by atoms with Gasteiger partial charge in [-0.15, -0.1) is 6.58 Å². The van der Waals surface area contributed by atoms with Crippen molar-refractivity contribution < 1.29 is 23.7 Å². The van der Waals surface area contributed by atoms with Crippen LogP contribution in [-0.2, 0) is 14.3 Å². The lowest BCUT2D eigenvalue weighted by Gasteiger charge is -2.35. The minimum atomic E-state index is -0.550. The molecule has 1 aromatic carbocycles. The van der Waals surface area contributed by atoms with Gasteiger partial charge in [0.1, 0.15) is 11.4 Å². The number of hydrogen-bond acceptors (Lipinski definition) is 5. The first-order valence-electron chi connectivity index (χ1n) is 8.64. The standard InChI is InChI=1S/C20H20O5/c1-3-6-19-9-20(17(8-16(19)21)24-11-25-20)12(2)18(19)13-4-5-14-15(7-13)23-10-22-14/h3-5,7-8,12,18H,1,6,9-11H2,2H3/t12-,18+,19-,20+/m0/s1. The van der Waals surface area contributed by atoms with Crippen molar-refractivity contribution >= 4 is 5.78 Å². The minimum Gasteiger partial charge on any atom is -0.469 e. The number of carbonyl (C=O) groups is 1. The first kappa shape index (κ1) is 15.0. The minimum absolute atomic E-state index is 0.00273. The van der Waals surface area contributed by atoms with Crippen LogP contribution in [0.3, 0.4) is 0 Å². The van der Waals surface area contributed by atoms with Crippen molar-refractivity contribution in [1.29, 1.82) is 0 Å². The van der Waals surface area contributed by atoms with E-state index in [1.807, 2.05) is 24.3 Å². The van der Waals surface area contributed by atoms with Crippen molar-refractivity contribution in [3.63, 3.8) is 0 Å². The second kappa shape index (κ2) is 4.88. The maximum atomic E-state index is 13.2. The van der Waals surface area contributed by atoms with Gasteiger partial charge in [0.2, 0.25) is 6.79 Å². The Morgan fingerprint density at radius 1 is 1.24 bits per heavy atom. The van der Waals surface area contributed by atoms with Gasteiger partial charge in [-0.25, -0.2) is 0 Å². The van der Waals surface area contributed by atoms with Gasteiger partial charge in [0, 0.05) is 23.3 Å². The fourth-order valence-corrected chi connectivity index (χ4v) is 5.31. The molecule has 2 heterocycles. The summed E-state index contributed by atoms with van der Waals surface area (Å²) in [7, 11) is 0. The molecule has 130 valence electrons. The average Bonchev–Trinajstić information content (AvgIpc) is 3.26. The summed E-state index contributed by atoms with van der Waals surface area (Å²) in [6.07, 6.45) is 4.75. The molecule has 2 aliphatic heterocycles. The molecule has 1 aromatic rings. The van der Waals surface area contributed by atoms with E-state index in [1.165, 1.54) is 0 Å². The van der Waals surface area contributed by atoms with Crippen LogP contribution >= 0.6 is 0 Å². The number of fused-ring (bicyclic) bond motifs is 2. The second-order valence-corrected chi connectivity index (χ2v) is 7.37. The first-order valence-corrected chi connectivity index (χ1v) is 8.64. The maximum absolute atomic E-state index is 13.2. The molecule has 0 radical (unpaired) electrons. The topological polar surface area (TPSA) is 54.0 Å². The Morgan fingerprint density at radius 3 is 2.92 bits per heavy atom. The molecule has 5 nitrogen and oxygen atoms in total. The lowest BCUT2D eigenvalue weighted by atomic mass is 9.67. The van der Waals surface area contributed by atoms with Crippen molar-refractivity contribution in [3.05, 3.63) is 48.3 Å². The number of ether oxygens (including phenoxy) is 4. The molecule has 0 unspecified atom stereocenters. The quantitative estimate of drug-likeness (QED) is 0.790. The number of hydrogen-bond donors (Lipinski definition) is 0. The Morgan fingerprint density at radius 2 is 2.08 bits per heavy atom. The summed E-state index contributed by atoms with van der Waals surface area (Å²) in [5, 5.41) is 0. The number of allylic oxidation sites excluding steroid dienone is 2. The smallest absolute Gasteiger partial charge is 0.231 e. The fourth-order valence-electron chi connectivity index (χ4n) is 5.31. The lowest BCUT2D eigenvalue weighted by Crippen LogP contribution is -2.39. The highest BCUT2D eigenvalue weighted by atomic mass is 16.7. The predicted molar refractivity (Wildman–Crippen MR) is 89.2 cm³/mol. The van der Waals surface area contributed by atoms with Crippen LogP contribution < -0.4 is 9.47 Å². The van der Waals surface area contributed by atoms with Crippen LogP contribution in [0, 0.1) is 11.3 Å². The highest BCUT2D eigenvalue weighted by molar-refractivity contribution is 5.98. The normalized spacial score (nSPS) is 37.5.